The summed E-state index contributed by atoms with van der Waals surface area (Å²) in [4.78, 5) is 2.37. The Bertz CT molecular complexity index is 675. The Morgan fingerprint density at radius 2 is 1.79 bits per heavy atom. The molecule has 19 heavy (non-hydrogen) atoms. The average molecular weight is 302 g/mol. The van der Waals surface area contributed by atoms with Gasteiger partial charge < -0.3 is 5.53 Å². The van der Waals surface area contributed by atoms with E-state index in [0.29, 0.717) is 6.42 Å². The van der Waals surface area contributed by atoms with Gasteiger partial charge in [-0.25, -0.2) is 16.8 Å². The molecule has 1 rings (SSSR count). The van der Waals surface area contributed by atoms with Crippen molar-refractivity contribution in [2.75, 3.05) is 0 Å². The van der Waals surface area contributed by atoms with Crippen molar-refractivity contribution in [3.63, 3.8) is 0 Å². The summed E-state index contributed by atoms with van der Waals surface area (Å²) < 4.78 is 46.7. The Morgan fingerprint density at radius 1 is 1.21 bits per heavy atom. The lowest BCUT2D eigenvalue weighted by atomic mass is 10.4. The van der Waals surface area contributed by atoms with E-state index in [4.69, 9.17) is 5.53 Å². The summed E-state index contributed by atoms with van der Waals surface area (Å²) in [7, 11) is -8.20. The first-order valence-electron chi connectivity index (χ1n) is 5.56. The molecular weight excluding hydrogens is 288 g/mol. The van der Waals surface area contributed by atoms with E-state index in [1.807, 2.05) is 0 Å². The molecule has 1 aromatic carbocycles. The molecule has 0 saturated heterocycles. The molecule has 6 nitrogen and oxygen atoms in total. The molecule has 0 radical (unpaired) electrons. The van der Waals surface area contributed by atoms with Crippen molar-refractivity contribution in [3.05, 3.63) is 35.9 Å². The topological polar surface area (TPSA) is 105 Å². The second-order valence-electron chi connectivity index (χ2n) is 3.89. The first-order chi connectivity index (χ1) is 8.86. The smallest absolute Gasteiger partial charge is 0.361 e. The molecule has 0 aliphatic heterocycles. The highest BCUT2D eigenvalue weighted by Gasteiger charge is 2.39. The van der Waals surface area contributed by atoms with Crippen LogP contribution in [0.3, 0.4) is 0 Å². The van der Waals surface area contributed by atoms with Crippen molar-refractivity contribution in [2.24, 2.45) is 0 Å². The Balaban J connectivity index is 3.39. The molecule has 0 bridgehead atoms. The minimum absolute atomic E-state index is 0.0639. The predicted octanol–water partition coefficient (Wildman–Crippen LogP) is 1.26. The number of sulfone groups is 2. The van der Waals surface area contributed by atoms with Gasteiger partial charge in [-0.2, -0.15) is 4.79 Å². The first-order valence-corrected chi connectivity index (χ1v) is 8.72. The van der Waals surface area contributed by atoms with E-state index in [1.165, 1.54) is 24.3 Å². The standard InChI is InChI=1S/C11H14N2O4S2/c1-2-6-11(18(14,15)9-13-12)19(16,17)10-7-4-3-5-8-10/h3-5,7-9,11H,2,6H2,1H3. The minimum atomic E-state index is -4.17. The fraction of sp³-hybridized carbons (Fsp3) is 0.364. The molecule has 1 atom stereocenters. The largest absolute Gasteiger partial charge is 0.371 e. The second kappa shape index (κ2) is 6.10. The number of rotatable bonds is 6. The minimum Gasteiger partial charge on any atom is -0.361 e. The summed E-state index contributed by atoms with van der Waals surface area (Å²) in [6.07, 6.45) is 0.306. The van der Waals surface area contributed by atoms with Crippen molar-refractivity contribution in [1.82, 2.24) is 0 Å². The summed E-state index contributed by atoms with van der Waals surface area (Å²) in [5.41, 5.74) is 8.62. The Hall–Kier alpha value is -1.50. The fourth-order valence-electron chi connectivity index (χ4n) is 1.63. The molecule has 8 heteroatoms. The third-order valence-electron chi connectivity index (χ3n) is 2.50. The van der Waals surface area contributed by atoms with Crippen LogP contribution in [0, 0.1) is 0 Å². The van der Waals surface area contributed by atoms with E-state index >= 15 is 0 Å². The van der Waals surface area contributed by atoms with Crippen molar-refractivity contribution >= 4 is 25.2 Å². The maximum atomic E-state index is 12.3. The molecule has 0 heterocycles. The van der Waals surface area contributed by atoms with E-state index in [1.54, 1.807) is 13.0 Å². The molecule has 0 aromatic heterocycles. The van der Waals surface area contributed by atoms with E-state index in [0.717, 1.165) is 0 Å². The molecule has 0 aliphatic carbocycles. The van der Waals surface area contributed by atoms with Crippen LogP contribution in [0.2, 0.25) is 0 Å². The second-order valence-corrected chi connectivity index (χ2v) is 8.27. The summed E-state index contributed by atoms with van der Waals surface area (Å²) >= 11 is 0. The lowest BCUT2D eigenvalue weighted by molar-refractivity contribution is 0.00751. The Kier molecular flexibility index (Phi) is 4.99. The molecule has 0 N–H and O–H groups in total. The third-order valence-corrected chi connectivity index (χ3v) is 7.28. The molecular formula is C11H14N2O4S2. The number of benzene rings is 1. The summed E-state index contributed by atoms with van der Waals surface area (Å²) in [5.74, 6) is 0. The molecule has 0 aliphatic rings. The van der Waals surface area contributed by atoms with Crippen LogP contribution in [0.5, 0.6) is 0 Å². The average Bonchev–Trinajstić information content (AvgIpc) is 2.36. The number of hydrogen-bond donors (Lipinski definition) is 0. The molecule has 0 spiro atoms. The van der Waals surface area contributed by atoms with Gasteiger partial charge in [-0.3, -0.25) is 0 Å². The highest BCUT2D eigenvalue weighted by atomic mass is 32.3. The van der Waals surface area contributed by atoms with Gasteiger partial charge in [0.05, 0.1) is 4.90 Å². The fourth-order valence-corrected chi connectivity index (χ4v) is 5.74. The lowest BCUT2D eigenvalue weighted by Gasteiger charge is -2.13. The zero-order valence-corrected chi connectivity index (χ0v) is 11.9. The van der Waals surface area contributed by atoms with Gasteiger partial charge >= 0.3 is 5.55 Å². The SMILES string of the molecule is CCCC(S(=O)(=O)C=[N+]=[N-])S(=O)(=O)c1ccccc1. The Morgan fingerprint density at radius 3 is 2.26 bits per heavy atom. The van der Waals surface area contributed by atoms with Gasteiger partial charge in [-0.05, 0) is 18.6 Å². The maximum Gasteiger partial charge on any atom is 0.371 e. The van der Waals surface area contributed by atoms with Gasteiger partial charge in [0, 0.05) is 0 Å². The van der Waals surface area contributed by atoms with Crippen LogP contribution in [0.1, 0.15) is 19.8 Å². The lowest BCUT2D eigenvalue weighted by Crippen LogP contribution is -2.31. The van der Waals surface area contributed by atoms with Crippen LogP contribution in [0.4, 0.5) is 0 Å². The summed E-state index contributed by atoms with van der Waals surface area (Å²) in [6.45, 7) is 1.68. The number of nitrogens with zero attached hydrogens (tertiary/aromatic N) is 2. The molecule has 104 valence electrons. The molecule has 0 amide bonds. The van der Waals surface area contributed by atoms with Gasteiger partial charge in [0.15, 0.2) is 14.4 Å². The van der Waals surface area contributed by atoms with Crippen LogP contribution in [0.25, 0.3) is 5.53 Å². The summed E-state index contributed by atoms with van der Waals surface area (Å²) in [5, 5.41) is 0. The highest BCUT2D eigenvalue weighted by Crippen LogP contribution is 2.23. The number of hydrogen-bond acceptors (Lipinski definition) is 4. The van der Waals surface area contributed by atoms with Gasteiger partial charge in [-0.1, -0.05) is 31.5 Å². The quantitative estimate of drug-likeness (QED) is 0.341. The molecule has 0 saturated carbocycles. The highest BCUT2D eigenvalue weighted by molar-refractivity contribution is 8.15. The molecule has 0 fully saturated rings. The molecule has 1 unspecified atom stereocenters. The monoisotopic (exact) mass is 302 g/mol. The summed E-state index contributed by atoms with van der Waals surface area (Å²) in [6, 6.07) is 7.34. The van der Waals surface area contributed by atoms with Gasteiger partial charge in [0.25, 0.3) is 9.84 Å². The maximum absolute atomic E-state index is 12.3. The predicted molar refractivity (Wildman–Crippen MR) is 70.9 cm³/mol. The van der Waals surface area contributed by atoms with Crippen molar-refractivity contribution in [1.29, 1.82) is 0 Å². The van der Waals surface area contributed by atoms with E-state index < -0.39 is 24.3 Å². The molecule has 1 aromatic rings. The van der Waals surface area contributed by atoms with Gasteiger partial charge in [-0.15, -0.1) is 0 Å². The van der Waals surface area contributed by atoms with Crippen LogP contribution in [-0.2, 0) is 19.7 Å². The van der Waals surface area contributed by atoms with E-state index in [-0.39, 0.29) is 16.9 Å². The van der Waals surface area contributed by atoms with Crippen molar-refractivity contribution in [3.8, 4) is 0 Å². The Labute approximate surface area is 112 Å². The zero-order valence-electron chi connectivity index (χ0n) is 10.3. The van der Waals surface area contributed by atoms with Crippen LogP contribution in [-0.4, -0.2) is 31.8 Å². The van der Waals surface area contributed by atoms with Crippen LogP contribution < -0.4 is 0 Å². The van der Waals surface area contributed by atoms with Crippen molar-refractivity contribution < 1.29 is 21.6 Å². The van der Waals surface area contributed by atoms with Gasteiger partial charge in [0.1, 0.15) is 0 Å². The van der Waals surface area contributed by atoms with E-state index in [2.05, 4.69) is 4.79 Å². The first kappa shape index (κ1) is 15.6. The van der Waals surface area contributed by atoms with Gasteiger partial charge in [0.2, 0.25) is 0 Å². The van der Waals surface area contributed by atoms with Crippen molar-refractivity contribution in [2.45, 2.75) is 29.2 Å². The van der Waals surface area contributed by atoms with Crippen LogP contribution in [0.15, 0.2) is 35.2 Å². The third kappa shape index (κ3) is 3.50. The normalized spacial score (nSPS) is 13.5. The van der Waals surface area contributed by atoms with Crippen LogP contribution >= 0.6 is 0 Å². The van der Waals surface area contributed by atoms with E-state index in [9.17, 15) is 16.8 Å². The zero-order chi connectivity index (χ0) is 14.5.